The van der Waals surface area contributed by atoms with Crippen LogP contribution in [0.4, 0.5) is 5.69 Å². The van der Waals surface area contributed by atoms with E-state index in [2.05, 4.69) is 5.32 Å². The van der Waals surface area contributed by atoms with Crippen molar-refractivity contribution in [2.24, 2.45) is 0 Å². The topological polar surface area (TPSA) is 97.7 Å². The second kappa shape index (κ2) is 10.7. The van der Waals surface area contributed by atoms with Gasteiger partial charge in [0.15, 0.2) is 11.5 Å². The normalized spacial score (nSPS) is 10.9. The van der Waals surface area contributed by atoms with Crippen molar-refractivity contribution in [1.82, 2.24) is 0 Å². The third-order valence-electron chi connectivity index (χ3n) is 3.90. The van der Waals surface area contributed by atoms with E-state index in [-0.39, 0.29) is 29.5 Å². The molecule has 2 rings (SSSR count). The van der Waals surface area contributed by atoms with Gasteiger partial charge in [-0.1, -0.05) is 18.2 Å². The number of para-hydroxylation sites is 1. The minimum atomic E-state index is -0.643. The van der Waals surface area contributed by atoms with E-state index >= 15 is 0 Å². The van der Waals surface area contributed by atoms with Gasteiger partial charge >= 0.3 is 5.97 Å². The zero-order valence-corrected chi connectivity index (χ0v) is 17.4. The summed E-state index contributed by atoms with van der Waals surface area (Å²) < 4.78 is 16.0. The first kappa shape index (κ1) is 22.5. The maximum atomic E-state index is 12.6. The van der Waals surface area contributed by atoms with Gasteiger partial charge in [0.25, 0.3) is 5.91 Å². The van der Waals surface area contributed by atoms with Crippen LogP contribution in [0.25, 0.3) is 6.08 Å². The Kier molecular flexibility index (Phi) is 8.00. The van der Waals surface area contributed by atoms with Crippen LogP contribution in [0.1, 0.15) is 36.7 Å². The number of benzene rings is 2. The number of nitrogens with zero attached hydrogens (tertiary/aromatic N) is 1. The molecule has 0 aromatic heterocycles. The highest BCUT2D eigenvalue weighted by Crippen LogP contribution is 2.30. The zero-order valence-electron chi connectivity index (χ0n) is 17.4. The molecular weight excluding hydrogens is 384 g/mol. The van der Waals surface area contributed by atoms with Crippen LogP contribution >= 0.6 is 0 Å². The van der Waals surface area contributed by atoms with Crippen LogP contribution in [-0.2, 0) is 9.53 Å². The second-order valence-corrected chi connectivity index (χ2v) is 6.47. The number of hydrogen-bond donors (Lipinski definition) is 1. The summed E-state index contributed by atoms with van der Waals surface area (Å²) in [6.07, 6.45) is 1.41. The van der Waals surface area contributed by atoms with E-state index in [9.17, 15) is 14.9 Å². The van der Waals surface area contributed by atoms with Crippen molar-refractivity contribution in [1.29, 1.82) is 5.26 Å². The minimum Gasteiger partial charge on any atom is -0.493 e. The number of amides is 1. The average molecular weight is 408 g/mol. The maximum absolute atomic E-state index is 12.6. The van der Waals surface area contributed by atoms with Crippen molar-refractivity contribution in [2.75, 3.05) is 19.0 Å². The van der Waals surface area contributed by atoms with Gasteiger partial charge < -0.3 is 19.5 Å². The van der Waals surface area contributed by atoms with Gasteiger partial charge in [-0.05, 0) is 56.7 Å². The lowest BCUT2D eigenvalue weighted by atomic mass is 10.1. The molecule has 0 saturated heterocycles. The molecule has 2 aromatic rings. The Bertz CT molecular complexity index is 989. The predicted octanol–water partition coefficient (Wildman–Crippen LogP) is 4.20. The molecule has 7 heteroatoms. The van der Waals surface area contributed by atoms with Crippen LogP contribution in [-0.4, -0.2) is 31.7 Å². The molecule has 1 amide bonds. The van der Waals surface area contributed by atoms with E-state index in [0.717, 1.165) is 0 Å². The summed E-state index contributed by atoms with van der Waals surface area (Å²) >= 11 is 0. The molecule has 0 saturated carbocycles. The van der Waals surface area contributed by atoms with Gasteiger partial charge in [0.1, 0.15) is 11.6 Å². The molecule has 2 aromatic carbocycles. The van der Waals surface area contributed by atoms with Crippen LogP contribution in [0.3, 0.4) is 0 Å². The smallest absolute Gasteiger partial charge is 0.340 e. The van der Waals surface area contributed by atoms with Gasteiger partial charge in [-0.3, -0.25) is 4.79 Å². The molecule has 0 aliphatic carbocycles. The number of nitriles is 1. The molecule has 7 nitrogen and oxygen atoms in total. The molecule has 156 valence electrons. The number of hydrogen-bond acceptors (Lipinski definition) is 6. The number of methoxy groups -OCH3 is 1. The largest absolute Gasteiger partial charge is 0.493 e. The Hall–Kier alpha value is -3.79. The molecule has 0 radical (unpaired) electrons. The van der Waals surface area contributed by atoms with Crippen molar-refractivity contribution in [2.45, 2.75) is 26.9 Å². The lowest BCUT2D eigenvalue weighted by Gasteiger charge is -2.14. The minimum absolute atomic E-state index is 0.0276. The first-order valence-corrected chi connectivity index (χ1v) is 9.43. The summed E-state index contributed by atoms with van der Waals surface area (Å²) in [6.45, 7) is 5.71. The lowest BCUT2D eigenvalue weighted by molar-refractivity contribution is -0.112. The molecule has 0 heterocycles. The number of ether oxygens (including phenoxy) is 3. The number of nitrogens with one attached hydrogen (secondary N) is 1. The Morgan fingerprint density at radius 2 is 1.90 bits per heavy atom. The van der Waals surface area contributed by atoms with Crippen molar-refractivity contribution < 1.29 is 23.8 Å². The fourth-order valence-corrected chi connectivity index (χ4v) is 2.61. The Morgan fingerprint density at radius 3 is 2.53 bits per heavy atom. The van der Waals surface area contributed by atoms with Crippen LogP contribution in [0.5, 0.6) is 11.5 Å². The van der Waals surface area contributed by atoms with Gasteiger partial charge in [0, 0.05) is 0 Å². The Labute approximate surface area is 175 Å². The van der Waals surface area contributed by atoms with E-state index in [1.807, 2.05) is 19.9 Å². The summed E-state index contributed by atoms with van der Waals surface area (Å²) in [6, 6.07) is 13.4. The van der Waals surface area contributed by atoms with Crippen molar-refractivity contribution in [3.05, 3.63) is 59.2 Å². The molecule has 0 fully saturated rings. The lowest BCUT2D eigenvalue weighted by Crippen LogP contribution is -2.17. The molecule has 0 spiro atoms. The average Bonchev–Trinajstić information content (AvgIpc) is 2.72. The molecule has 0 aliphatic heterocycles. The van der Waals surface area contributed by atoms with Crippen molar-refractivity contribution in [3.8, 4) is 17.6 Å². The van der Waals surface area contributed by atoms with E-state index in [0.29, 0.717) is 17.1 Å². The van der Waals surface area contributed by atoms with Crippen LogP contribution in [0, 0.1) is 11.3 Å². The summed E-state index contributed by atoms with van der Waals surface area (Å²) in [4.78, 5) is 24.7. The van der Waals surface area contributed by atoms with Crippen molar-refractivity contribution >= 4 is 23.6 Å². The van der Waals surface area contributed by atoms with E-state index < -0.39 is 11.9 Å². The number of carbonyl (C=O) groups is 2. The molecule has 0 unspecified atom stereocenters. The van der Waals surface area contributed by atoms with E-state index in [1.165, 1.54) is 13.2 Å². The third-order valence-corrected chi connectivity index (χ3v) is 3.90. The molecule has 0 bridgehead atoms. The zero-order chi connectivity index (χ0) is 22.1. The monoisotopic (exact) mass is 408 g/mol. The number of carbonyl (C=O) groups excluding carboxylic acids is 2. The standard InChI is InChI=1S/C23H24N2O5/c1-5-29-23(27)18-8-6-7-9-19(18)25-22(26)17(14-24)12-16-10-11-20(30-15(2)3)21(13-16)28-4/h6-13,15H,5H2,1-4H3,(H,25,26). The fourth-order valence-electron chi connectivity index (χ4n) is 2.61. The van der Waals surface area contributed by atoms with E-state index in [1.54, 1.807) is 49.4 Å². The van der Waals surface area contributed by atoms with Gasteiger partial charge in [0.2, 0.25) is 0 Å². The SMILES string of the molecule is CCOC(=O)c1ccccc1NC(=O)C(C#N)=Cc1ccc(OC(C)C)c(OC)c1. The van der Waals surface area contributed by atoms with Gasteiger partial charge in [-0.2, -0.15) is 5.26 Å². The van der Waals surface area contributed by atoms with Gasteiger partial charge in [-0.15, -0.1) is 0 Å². The van der Waals surface area contributed by atoms with Gasteiger partial charge in [-0.25, -0.2) is 4.79 Å². The van der Waals surface area contributed by atoms with Crippen LogP contribution in [0.15, 0.2) is 48.0 Å². The summed E-state index contributed by atoms with van der Waals surface area (Å²) in [7, 11) is 1.51. The highest BCUT2D eigenvalue weighted by molar-refractivity contribution is 6.12. The number of rotatable bonds is 8. The van der Waals surface area contributed by atoms with E-state index in [4.69, 9.17) is 14.2 Å². The Balaban J connectivity index is 2.29. The van der Waals surface area contributed by atoms with Gasteiger partial charge in [0.05, 0.1) is 31.1 Å². The first-order chi connectivity index (χ1) is 14.4. The highest BCUT2D eigenvalue weighted by atomic mass is 16.5. The highest BCUT2D eigenvalue weighted by Gasteiger charge is 2.16. The number of anilines is 1. The van der Waals surface area contributed by atoms with Crippen LogP contribution in [0.2, 0.25) is 0 Å². The summed E-state index contributed by atoms with van der Waals surface area (Å²) in [5, 5.41) is 12.1. The summed E-state index contributed by atoms with van der Waals surface area (Å²) in [5.74, 6) is -0.143. The molecule has 1 N–H and O–H groups in total. The maximum Gasteiger partial charge on any atom is 0.340 e. The molecule has 0 aliphatic rings. The predicted molar refractivity (Wildman–Crippen MR) is 113 cm³/mol. The molecule has 0 atom stereocenters. The Morgan fingerprint density at radius 1 is 1.17 bits per heavy atom. The quantitative estimate of drug-likeness (QED) is 0.399. The molecule has 30 heavy (non-hydrogen) atoms. The fraction of sp³-hybridized carbons (Fsp3) is 0.261. The van der Waals surface area contributed by atoms with Crippen molar-refractivity contribution in [3.63, 3.8) is 0 Å². The first-order valence-electron chi connectivity index (χ1n) is 9.43. The molecular formula is C23H24N2O5. The number of esters is 1. The summed E-state index contributed by atoms with van der Waals surface area (Å²) in [5.41, 5.74) is 0.934. The third kappa shape index (κ3) is 5.85. The second-order valence-electron chi connectivity index (χ2n) is 6.47. The van der Waals surface area contributed by atoms with Crippen LogP contribution < -0.4 is 14.8 Å².